The number of benzene rings is 1. The standard InChI is InChI=1S/C22H19N5O3/c1-2-30-14-5-6-17-13(8-14)9-16(22(29)24-17)15-10-18(28)25-21-19(15)20(26-27-21)12-4-3-7-23-11-12/h3-9,11,15H,2,10H2,1H3,(H,24,29)(H2,25,26,27,28). The third-order valence-corrected chi connectivity index (χ3v) is 5.28. The van der Waals surface area contributed by atoms with Crippen molar-refractivity contribution < 1.29 is 9.53 Å². The number of pyridine rings is 2. The Labute approximate surface area is 171 Å². The van der Waals surface area contributed by atoms with Gasteiger partial charge in [0.05, 0.1) is 12.3 Å². The Morgan fingerprint density at radius 3 is 2.90 bits per heavy atom. The number of ether oxygens (including phenoxy) is 1. The number of carbonyl (C=O) groups is 1. The average Bonchev–Trinajstić information content (AvgIpc) is 3.17. The van der Waals surface area contributed by atoms with E-state index in [9.17, 15) is 9.59 Å². The van der Waals surface area contributed by atoms with Gasteiger partial charge in [-0.2, -0.15) is 5.10 Å². The van der Waals surface area contributed by atoms with Crippen LogP contribution in [0.1, 0.15) is 30.4 Å². The van der Waals surface area contributed by atoms with Gasteiger partial charge in [0.25, 0.3) is 5.56 Å². The number of carbonyl (C=O) groups excluding carboxylic acids is 1. The van der Waals surface area contributed by atoms with Gasteiger partial charge in [-0.25, -0.2) is 0 Å². The summed E-state index contributed by atoms with van der Waals surface area (Å²) in [6, 6.07) is 11.1. The molecule has 0 spiro atoms. The Morgan fingerprint density at radius 1 is 1.20 bits per heavy atom. The number of aromatic nitrogens is 4. The molecule has 0 aliphatic carbocycles. The molecule has 1 unspecified atom stereocenters. The van der Waals surface area contributed by atoms with E-state index in [0.29, 0.717) is 23.5 Å². The van der Waals surface area contributed by atoms with E-state index in [1.807, 2.05) is 43.3 Å². The number of amides is 1. The van der Waals surface area contributed by atoms with Crippen LogP contribution in [-0.4, -0.2) is 32.7 Å². The van der Waals surface area contributed by atoms with Crippen molar-refractivity contribution in [3.8, 4) is 17.0 Å². The van der Waals surface area contributed by atoms with Crippen molar-refractivity contribution in [2.75, 3.05) is 11.9 Å². The molecule has 0 saturated heterocycles. The van der Waals surface area contributed by atoms with E-state index in [-0.39, 0.29) is 17.9 Å². The van der Waals surface area contributed by atoms with Crippen molar-refractivity contribution in [2.45, 2.75) is 19.3 Å². The Balaban J connectivity index is 1.69. The third-order valence-electron chi connectivity index (χ3n) is 5.28. The van der Waals surface area contributed by atoms with Gasteiger partial charge >= 0.3 is 0 Å². The van der Waals surface area contributed by atoms with Crippen LogP contribution in [0.5, 0.6) is 5.75 Å². The first kappa shape index (κ1) is 18.1. The molecule has 30 heavy (non-hydrogen) atoms. The molecule has 1 aliphatic heterocycles. The molecule has 4 heterocycles. The van der Waals surface area contributed by atoms with Gasteiger partial charge in [0, 0.05) is 52.3 Å². The summed E-state index contributed by atoms with van der Waals surface area (Å²) in [7, 11) is 0. The number of hydrogen-bond acceptors (Lipinski definition) is 5. The molecule has 0 bridgehead atoms. The highest BCUT2D eigenvalue weighted by Crippen LogP contribution is 2.41. The summed E-state index contributed by atoms with van der Waals surface area (Å²) >= 11 is 0. The van der Waals surface area contributed by atoms with Crippen LogP contribution in [0.25, 0.3) is 22.2 Å². The minimum absolute atomic E-state index is 0.152. The second-order valence-electron chi connectivity index (χ2n) is 7.14. The monoisotopic (exact) mass is 401 g/mol. The molecule has 8 heteroatoms. The van der Waals surface area contributed by atoms with Crippen molar-refractivity contribution in [3.63, 3.8) is 0 Å². The summed E-state index contributed by atoms with van der Waals surface area (Å²) in [6.45, 7) is 2.47. The third kappa shape index (κ3) is 3.02. The lowest BCUT2D eigenvalue weighted by Gasteiger charge is -2.23. The van der Waals surface area contributed by atoms with E-state index in [2.05, 4.69) is 25.5 Å². The van der Waals surface area contributed by atoms with Crippen LogP contribution >= 0.6 is 0 Å². The molecular weight excluding hydrogens is 382 g/mol. The summed E-state index contributed by atoms with van der Waals surface area (Å²) in [5.74, 6) is 0.549. The maximum atomic E-state index is 13.0. The molecule has 1 aliphatic rings. The number of aromatic amines is 2. The summed E-state index contributed by atoms with van der Waals surface area (Å²) in [6.07, 6.45) is 3.56. The number of rotatable bonds is 4. The van der Waals surface area contributed by atoms with E-state index in [1.165, 1.54) is 0 Å². The van der Waals surface area contributed by atoms with Crippen molar-refractivity contribution in [2.24, 2.45) is 0 Å². The predicted octanol–water partition coefficient (Wildman–Crippen LogP) is 3.19. The van der Waals surface area contributed by atoms with Crippen molar-refractivity contribution in [1.29, 1.82) is 0 Å². The average molecular weight is 401 g/mol. The zero-order valence-electron chi connectivity index (χ0n) is 16.2. The molecule has 3 N–H and O–H groups in total. The van der Waals surface area contributed by atoms with Gasteiger partial charge < -0.3 is 15.0 Å². The van der Waals surface area contributed by atoms with Gasteiger partial charge in [0.2, 0.25) is 5.91 Å². The van der Waals surface area contributed by atoms with Crippen molar-refractivity contribution >= 4 is 22.6 Å². The maximum absolute atomic E-state index is 13.0. The van der Waals surface area contributed by atoms with Gasteiger partial charge in [-0.3, -0.25) is 19.7 Å². The van der Waals surface area contributed by atoms with Crippen LogP contribution in [0.4, 0.5) is 5.82 Å². The van der Waals surface area contributed by atoms with Gasteiger partial charge in [0.15, 0.2) is 5.82 Å². The Bertz CT molecular complexity index is 1310. The molecule has 4 aromatic rings. The zero-order valence-corrected chi connectivity index (χ0v) is 16.2. The molecule has 1 atom stereocenters. The van der Waals surface area contributed by atoms with Crippen LogP contribution in [0.15, 0.2) is 53.6 Å². The first-order valence-corrected chi connectivity index (χ1v) is 9.72. The summed E-state index contributed by atoms with van der Waals surface area (Å²) in [5.41, 5.74) is 3.36. The number of nitrogens with zero attached hydrogens (tertiary/aromatic N) is 2. The highest BCUT2D eigenvalue weighted by atomic mass is 16.5. The van der Waals surface area contributed by atoms with Crippen LogP contribution in [0.2, 0.25) is 0 Å². The van der Waals surface area contributed by atoms with Crippen molar-refractivity contribution in [1.82, 2.24) is 20.2 Å². The van der Waals surface area contributed by atoms with Gasteiger partial charge in [0.1, 0.15) is 5.75 Å². The number of fused-ring (bicyclic) bond motifs is 2. The summed E-state index contributed by atoms with van der Waals surface area (Å²) in [5, 5.41) is 10.9. The number of anilines is 1. The second-order valence-corrected chi connectivity index (χ2v) is 7.14. The minimum atomic E-state index is -0.438. The fourth-order valence-electron chi connectivity index (χ4n) is 3.97. The fraction of sp³-hybridized carbons (Fsp3) is 0.182. The van der Waals surface area contributed by atoms with E-state index in [1.54, 1.807) is 12.4 Å². The van der Waals surface area contributed by atoms with Crippen LogP contribution in [-0.2, 0) is 4.79 Å². The van der Waals surface area contributed by atoms with Crippen LogP contribution < -0.4 is 15.6 Å². The van der Waals surface area contributed by atoms with E-state index in [0.717, 1.165) is 28.0 Å². The van der Waals surface area contributed by atoms with Gasteiger partial charge in [-0.05, 0) is 43.3 Å². The molecule has 5 rings (SSSR count). The summed E-state index contributed by atoms with van der Waals surface area (Å²) < 4.78 is 5.59. The molecule has 0 fully saturated rings. The lowest BCUT2D eigenvalue weighted by Crippen LogP contribution is -2.27. The number of H-pyrrole nitrogens is 2. The first-order valence-electron chi connectivity index (χ1n) is 9.72. The van der Waals surface area contributed by atoms with Gasteiger partial charge in [-0.15, -0.1) is 0 Å². The molecular formula is C22H19N5O3. The minimum Gasteiger partial charge on any atom is -0.494 e. The number of nitrogens with one attached hydrogen (secondary N) is 3. The molecule has 8 nitrogen and oxygen atoms in total. The molecule has 1 amide bonds. The molecule has 150 valence electrons. The largest absolute Gasteiger partial charge is 0.494 e. The van der Waals surface area contributed by atoms with Crippen LogP contribution in [0.3, 0.4) is 0 Å². The SMILES string of the molecule is CCOc1ccc2[nH]c(=O)c(C3CC(=O)Nc4n[nH]c(-c5cccnc5)c43)cc2c1. The smallest absolute Gasteiger partial charge is 0.252 e. The normalized spacial score (nSPS) is 15.6. The van der Waals surface area contributed by atoms with Gasteiger partial charge in [-0.1, -0.05) is 0 Å². The van der Waals surface area contributed by atoms with Crippen LogP contribution in [0, 0.1) is 0 Å². The highest BCUT2D eigenvalue weighted by molar-refractivity contribution is 5.96. The maximum Gasteiger partial charge on any atom is 0.252 e. The number of hydrogen-bond donors (Lipinski definition) is 3. The van der Waals surface area contributed by atoms with E-state index < -0.39 is 5.92 Å². The Kier molecular flexibility index (Phi) is 4.31. The molecule has 1 aromatic carbocycles. The lowest BCUT2D eigenvalue weighted by molar-refractivity contribution is -0.116. The van der Waals surface area contributed by atoms with E-state index in [4.69, 9.17) is 4.74 Å². The lowest BCUT2D eigenvalue weighted by atomic mass is 9.84. The summed E-state index contributed by atoms with van der Waals surface area (Å²) in [4.78, 5) is 32.4. The molecule has 3 aromatic heterocycles. The highest BCUT2D eigenvalue weighted by Gasteiger charge is 2.33. The second kappa shape index (κ2) is 7.14. The predicted molar refractivity (Wildman–Crippen MR) is 113 cm³/mol. The fourth-order valence-corrected chi connectivity index (χ4v) is 3.97. The Hall–Kier alpha value is -3.94. The topological polar surface area (TPSA) is 113 Å². The zero-order chi connectivity index (χ0) is 20.7. The quantitative estimate of drug-likeness (QED) is 0.486. The molecule has 0 saturated carbocycles. The molecule has 0 radical (unpaired) electrons. The first-order chi connectivity index (χ1) is 14.6. The van der Waals surface area contributed by atoms with E-state index >= 15 is 0 Å². The van der Waals surface area contributed by atoms with Crippen molar-refractivity contribution in [3.05, 3.63) is 70.3 Å². The Morgan fingerprint density at radius 2 is 2.10 bits per heavy atom.